The van der Waals surface area contributed by atoms with E-state index in [0.717, 1.165) is 0 Å². The molecule has 0 bridgehead atoms. The maximum Gasteiger partial charge on any atom is 0.290 e. The van der Waals surface area contributed by atoms with E-state index in [0.29, 0.717) is 45.4 Å². The van der Waals surface area contributed by atoms with Gasteiger partial charge in [0.05, 0.1) is 38.1 Å². The van der Waals surface area contributed by atoms with Crippen LogP contribution in [0.4, 0.5) is 0 Å². The van der Waals surface area contributed by atoms with Gasteiger partial charge in [-0.15, -0.1) is 0 Å². The molecule has 2 aromatic carbocycles. The Morgan fingerprint density at radius 2 is 1.94 bits per heavy atom. The zero-order chi connectivity index (χ0) is 25.4. The van der Waals surface area contributed by atoms with E-state index in [1.54, 1.807) is 48.5 Å². The number of aliphatic hydroxyl groups is 1. The highest BCUT2D eigenvalue weighted by molar-refractivity contribution is 6.31. The molecule has 1 aliphatic rings. The number of fused-ring (bicyclic) bond motifs is 1. The summed E-state index contributed by atoms with van der Waals surface area (Å²) < 4.78 is 22.1. The van der Waals surface area contributed by atoms with Crippen molar-refractivity contribution in [3.05, 3.63) is 94.3 Å². The van der Waals surface area contributed by atoms with Crippen LogP contribution in [-0.2, 0) is 11.3 Å². The number of aliphatic hydroxyl groups excluding tert-OH is 1. The molecule has 0 radical (unpaired) electrons. The summed E-state index contributed by atoms with van der Waals surface area (Å²) in [4.78, 5) is 28.3. The third-order valence-electron chi connectivity index (χ3n) is 5.95. The molecule has 5 rings (SSSR count). The number of hydrogen-bond donors (Lipinski definition) is 1. The molecule has 36 heavy (non-hydrogen) atoms. The summed E-state index contributed by atoms with van der Waals surface area (Å²) in [6, 6.07) is 14.3. The fourth-order valence-electron chi connectivity index (χ4n) is 4.36. The van der Waals surface area contributed by atoms with Crippen LogP contribution in [0.3, 0.4) is 0 Å². The molecule has 0 saturated carbocycles. The average Bonchev–Trinajstić information content (AvgIpc) is 3.59. The number of rotatable bonds is 8. The van der Waals surface area contributed by atoms with Gasteiger partial charge in [0.25, 0.3) is 5.91 Å². The second-order valence-electron chi connectivity index (χ2n) is 8.15. The molecular formula is C27H22ClNO7. The first-order valence-electron chi connectivity index (χ1n) is 11.2. The molecule has 4 aromatic rings. The van der Waals surface area contributed by atoms with Crippen molar-refractivity contribution in [2.24, 2.45) is 0 Å². The molecule has 1 atom stereocenters. The van der Waals surface area contributed by atoms with Crippen LogP contribution in [0, 0.1) is 0 Å². The van der Waals surface area contributed by atoms with Gasteiger partial charge in [-0.2, -0.15) is 0 Å². The maximum atomic E-state index is 13.7. The molecule has 8 nitrogen and oxygen atoms in total. The van der Waals surface area contributed by atoms with Crippen LogP contribution in [-0.4, -0.2) is 35.4 Å². The van der Waals surface area contributed by atoms with Gasteiger partial charge in [-0.05, 0) is 48.9 Å². The van der Waals surface area contributed by atoms with E-state index in [1.807, 2.05) is 6.92 Å². The minimum absolute atomic E-state index is 0.0497. The van der Waals surface area contributed by atoms with Crippen LogP contribution in [0.15, 0.2) is 81.0 Å². The van der Waals surface area contributed by atoms with Crippen LogP contribution in [0.5, 0.6) is 11.5 Å². The Balaban J connectivity index is 1.59. The van der Waals surface area contributed by atoms with Gasteiger partial charge in [-0.3, -0.25) is 9.59 Å². The first-order chi connectivity index (χ1) is 17.4. The summed E-state index contributed by atoms with van der Waals surface area (Å²) in [5.41, 5.74) is 0.849. The van der Waals surface area contributed by atoms with E-state index >= 15 is 0 Å². The molecule has 1 aliphatic heterocycles. The van der Waals surface area contributed by atoms with Crippen molar-refractivity contribution in [3.63, 3.8) is 0 Å². The molecule has 0 fully saturated rings. The van der Waals surface area contributed by atoms with Crippen molar-refractivity contribution >= 4 is 34.3 Å². The van der Waals surface area contributed by atoms with Gasteiger partial charge in [0, 0.05) is 16.5 Å². The number of carbonyl (C=O) groups excluding carboxylic acids is 2. The molecule has 2 aromatic heterocycles. The lowest BCUT2D eigenvalue weighted by Gasteiger charge is -2.26. The number of carbonyl (C=O) groups is 2. The van der Waals surface area contributed by atoms with Crippen molar-refractivity contribution < 1.29 is 33.0 Å². The summed E-state index contributed by atoms with van der Waals surface area (Å²) in [5, 5.41) is 11.9. The number of benzene rings is 2. The Bertz CT molecular complexity index is 1470. The second-order valence-corrected chi connectivity index (χ2v) is 8.58. The van der Waals surface area contributed by atoms with Crippen LogP contribution < -0.4 is 9.47 Å². The normalized spacial score (nSPS) is 15.7. The number of amides is 1. The lowest BCUT2D eigenvalue weighted by Crippen LogP contribution is -2.30. The van der Waals surface area contributed by atoms with Gasteiger partial charge in [-0.1, -0.05) is 23.7 Å². The minimum atomic E-state index is -0.885. The van der Waals surface area contributed by atoms with Crippen LogP contribution in [0.25, 0.3) is 11.0 Å². The Labute approximate surface area is 211 Å². The molecule has 1 unspecified atom stereocenters. The zero-order valence-electron chi connectivity index (χ0n) is 19.5. The molecule has 9 heteroatoms. The predicted octanol–water partition coefficient (Wildman–Crippen LogP) is 5.87. The summed E-state index contributed by atoms with van der Waals surface area (Å²) in [7, 11) is 1.47. The summed E-state index contributed by atoms with van der Waals surface area (Å²) in [6.07, 6.45) is 1.49. The van der Waals surface area contributed by atoms with E-state index in [1.165, 1.54) is 24.3 Å². The topological polar surface area (TPSA) is 102 Å². The first kappa shape index (κ1) is 23.6. The smallest absolute Gasteiger partial charge is 0.290 e. The van der Waals surface area contributed by atoms with Crippen molar-refractivity contribution in [1.29, 1.82) is 0 Å². The van der Waals surface area contributed by atoms with E-state index in [4.69, 9.17) is 29.9 Å². The number of furan rings is 2. The Morgan fingerprint density at radius 1 is 1.17 bits per heavy atom. The number of halogens is 1. The molecule has 1 N–H and O–H groups in total. The van der Waals surface area contributed by atoms with E-state index in [2.05, 4.69) is 0 Å². The van der Waals surface area contributed by atoms with Crippen LogP contribution >= 0.6 is 11.6 Å². The quantitative estimate of drug-likeness (QED) is 0.298. The second kappa shape index (κ2) is 9.47. The highest BCUT2D eigenvalue weighted by Crippen LogP contribution is 2.41. The first-order valence-corrected chi connectivity index (χ1v) is 11.6. The SMILES string of the molecule is CCOc1ccc(C2C(C(=O)c3cc4cc(Cl)cc(OC)c4o3)=C(O)C(=O)N2Cc2ccco2)cc1. The monoisotopic (exact) mass is 507 g/mol. The molecule has 184 valence electrons. The van der Waals surface area contributed by atoms with Gasteiger partial charge in [-0.25, -0.2) is 0 Å². The number of ketones is 1. The van der Waals surface area contributed by atoms with E-state index in [9.17, 15) is 14.7 Å². The summed E-state index contributed by atoms with van der Waals surface area (Å²) in [6.45, 7) is 2.42. The Morgan fingerprint density at radius 3 is 2.61 bits per heavy atom. The number of Topliss-reactive ketones (excluding diaryl/α,β-unsaturated/α-hetero) is 1. The fourth-order valence-corrected chi connectivity index (χ4v) is 4.58. The highest BCUT2D eigenvalue weighted by atomic mass is 35.5. The van der Waals surface area contributed by atoms with Gasteiger partial charge in [0.2, 0.25) is 5.78 Å². The number of ether oxygens (including phenoxy) is 2. The molecule has 0 saturated heterocycles. The van der Waals surface area contributed by atoms with Gasteiger partial charge < -0.3 is 28.3 Å². The fraction of sp³-hybridized carbons (Fsp3) is 0.185. The third-order valence-corrected chi connectivity index (χ3v) is 6.17. The predicted molar refractivity (Wildman–Crippen MR) is 131 cm³/mol. The lowest BCUT2D eigenvalue weighted by atomic mass is 9.95. The van der Waals surface area contributed by atoms with Crippen molar-refractivity contribution in [2.75, 3.05) is 13.7 Å². The van der Waals surface area contributed by atoms with Crippen molar-refractivity contribution in [3.8, 4) is 11.5 Å². The Kier molecular flexibility index (Phi) is 6.20. The largest absolute Gasteiger partial charge is 0.503 e. The van der Waals surface area contributed by atoms with Gasteiger partial charge in [0.15, 0.2) is 22.9 Å². The summed E-state index contributed by atoms with van der Waals surface area (Å²) in [5.74, 6) is -0.512. The zero-order valence-corrected chi connectivity index (χ0v) is 20.2. The maximum absolute atomic E-state index is 13.7. The Hall–Kier alpha value is -4.17. The molecule has 0 aliphatic carbocycles. The highest BCUT2D eigenvalue weighted by Gasteiger charge is 2.45. The van der Waals surface area contributed by atoms with Gasteiger partial charge in [0.1, 0.15) is 11.5 Å². The van der Waals surface area contributed by atoms with Crippen LogP contribution in [0.1, 0.15) is 34.8 Å². The number of hydrogen-bond acceptors (Lipinski definition) is 7. The van der Waals surface area contributed by atoms with Gasteiger partial charge >= 0.3 is 0 Å². The van der Waals surface area contributed by atoms with Crippen molar-refractivity contribution in [1.82, 2.24) is 4.90 Å². The lowest BCUT2D eigenvalue weighted by molar-refractivity contribution is -0.130. The molecule has 0 spiro atoms. The standard InChI is InChI=1S/C27H22ClNO7/c1-3-34-18-8-6-15(7-9-18)23-22(25(31)27(32)29(23)14-19-5-4-10-35-19)24(30)20-12-16-11-17(28)13-21(33-2)26(16)36-20/h4-13,23,31H,3,14H2,1-2H3. The van der Waals surface area contributed by atoms with Crippen molar-refractivity contribution in [2.45, 2.75) is 19.5 Å². The van der Waals surface area contributed by atoms with E-state index in [-0.39, 0.29) is 17.9 Å². The number of methoxy groups -OCH3 is 1. The molecule has 3 heterocycles. The van der Waals surface area contributed by atoms with E-state index < -0.39 is 23.5 Å². The summed E-state index contributed by atoms with van der Waals surface area (Å²) >= 11 is 6.16. The minimum Gasteiger partial charge on any atom is -0.503 e. The average molecular weight is 508 g/mol. The molecular weight excluding hydrogens is 486 g/mol. The third kappa shape index (κ3) is 4.09. The molecule has 1 amide bonds. The van der Waals surface area contributed by atoms with Crippen LogP contribution in [0.2, 0.25) is 5.02 Å². The number of nitrogens with zero attached hydrogens (tertiary/aromatic N) is 1.